The molecule has 2 aliphatic rings. The first kappa shape index (κ1) is 26.8. The van der Waals surface area contributed by atoms with Gasteiger partial charge >= 0.3 is 0 Å². The Morgan fingerprint density at radius 1 is 1.07 bits per heavy atom. The minimum Gasteiger partial charge on any atom is -0.454 e. The van der Waals surface area contributed by atoms with Crippen molar-refractivity contribution in [2.24, 2.45) is 0 Å². The minimum absolute atomic E-state index is 0.00581. The number of carbonyl (C=O) groups is 1. The molecule has 0 saturated carbocycles. The summed E-state index contributed by atoms with van der Waals surface area (Å²) < 4.78 is 18.4. The summed E-state index contributed by atoms with van der Waals surface area (Å²) in [5, 5.41) is 7.06. The Labute approximate surface area is 244 Å². The summed E-state index contributed by atoms with van der Waals surface area (Å²) in [6, 6.07) is 19.7. The van der Waals surface area contributed by atoms with E-state index >= 15 is 0 Å². The lowest BCUT2D eigenvalue weighted by atomic mass is 9.96. The molecule has 0 radical (unpaired) electrons. The van der Waals surface area contributed by atoms with Crippen LogP contribution in [0.5, 0.6) is 11.5 Å². The van der Waals surface area contributed by atoms with E-state index < -0.39 is 0 Å². The summed E-state index contributed by atoms with van der Waals surface area (Å²) in [7, 11) is 1.50. The molecule has 6 rings (SSSR count). The van der Waals surface area contributed by atoms with Crippen molar-refractivity contribution < 1.29 is 19.0 Å². The van der Waals surface area contributed by atoms with Crippen LogP contribution < -0.4 is 25.0 Å². The maximum atomic E-state index is 12.1. The van der Waals surface area contributed by atoms with Crippen molar-refractivity contribution in [2.75, 3.05) is 30.7 Å². The van der Waals surface area contributed by atoms with Crippen LogP contribution in [0.15, 0.2) is 66.9 Å². The third-order valence-corrected chi connectivity index (χ3v) is 7.85. The number of aryl methyl sites for hydroxylation is 2. The van der Waals surface area contributed by atoms with Crippen LogP contribution in [0.25, 0.3) is 5.69 Å². The number of hydrogen-bond donors (Lipinski definition) is 2. The van der Waals surface area contributed by atoms with Crippen molar-refractivity contribution in [3.8, 4) is 17.2 Å². The fourth-order valence-corrected chi connectivity index (χ4v) is 6.06. The smallest absolute Gasteiger partial charge is 0.250 e. The Kier molecular flexibility index (Phi) is 7.10. The molecular formula is C31H31N5O4S. The zero-order chi connectivity index (χ0) is 28.7. The van der Waals surface area contributed by atoms with Gasteiger partial charge in [0.2, 0.25) is 12.7 Å². The van der Waals surface area contributed by atoms with E-state index in [2.05, 4.69) is 40.0 Å². The average molecular weight is 570 g/mol. The fraction of sp³-hybridized carbons (Fsp3) is 0.258. The number of amides is 1. The van der Waals surface area contributed by atoms with Gasteiger partial charge in [0.15, 0.2) is 16.6 Å². The topological polar surface area (TPSA) is 89.9 Å². The van der Waals surface area contributed by atoms with Gasteiger partial charge in [-0.15, -0.1) is 0 Å². The molecule has 0 spiro atoms. The molecule has 10 heteroatoms. The highest BCUT2D eigenvalue weighted by Gasteiger charge is 2.42. The number of anilines is 2. The minimum atomic E-state index is -0.203. The lowest BCUT2D eigenvalue weighted by Gasteiger charge is -2.29. The molecule has 41 heavy (non-hydrogen) atoms. The summed E-state index contributed by atoms with van der Waals surface area (Å²) in [5.41, 5.74) is 7.75. The number of aromatic nitrogens is 2. The van der Waals surface area contributed by atoms with Crippen molar-refractivity contribution in [2.45, 2.75) is 32.9 Å². The number of fused-ring (bicyclic) bond motifs is 1. The number of hydrogen-bond acceptors (Lipinski definition) is 6. The number of nitrogens with one attached hydrogen (secondary N) is 2. The molecule has 0 unspecified atom stereocenters. The molecule has 4 heterocycles. The van der Waals surface area contributed by atoms with Crippen molar-refractivity contribution in [1.29, 1.82) is 0 Å². The van der Waals surface area contributed by atoms with Gasteiger partial charge in [0.1, 0.15) is 6.61 Å². The molecular weight excluding hydrogens is 538 g/mol. The molecule has 1 saturated heterocycles. The summed E-state index contributed by atoms with van der Waals surface area (Å²) in [5.74, 6) is 1.28. The summed E-state index contributed by atoms with van der Waals surface area (Å²) in [6.45, 7) is 6.42. The van der Waals surface area contributed by atoms with E-state index in [0.717, 1.165) is 56.8 Å². The van der Waals surface area contributed by atoms with Crippen LogP contribution in [0.3, 0.4) is 0 Å². The molecule has 0 aliphatic carbocycles. The maximum absolute atomic E-state index is 12.1. The largest absolute Gasteiger partial charge is 0.454 e. The number of benzene rings is 2. The van der Waals surface area contributed by atoms with Gasteiger partial charge < -0.3 is 34.3 Å². The van der Waals surface area contributed by atoms with Crippen molar-refractivity contribution in [1.82, 2.24) is 14.9 Å². The summed E-state index contributed by atoms with van der Waals surface area (Å²) >= 11 is 5.95. The van der Waals surface area contributed by atoms with Crippen LogP contribution in [0.4, 0.5) is 11.4 Å². The molecule has 2 N–H and O–H groups in total. The van der Waals surface area contributed by atoms with Crippen molar-refractivity contribution >= 4 is 34.6 Å². The van der Waals surface area contributed by atoms with Gasteiger partial charge in [0.25, 0.3) is 0 Å². The highest BCUT2D eigenvalue weighted by molar-refractivity contribution is 7.80. The van der Waals surface area contributed by atoms with E-state index in [9.17, 15) is 4.79 Å². The standard InChI is InChI=1S/C31H31N5O4S/c1-18-13-21(8-10-24(18)33-28(37)16-38-4)36-30(29(34-31(36)41)25-7-5-6-12-32-25)23-14-19(2)35(20(23)3)22-9-11-26-27(15-22)40-17-39-26/h5-15,29-30H,16-17H2,1-4H3,(H,33,37)(H,34,41)/t29-,30+/m1/s1. The first-order chi connectivity index (χ1) is 19.9. The van der Waals surface area contributed by atoms with Crippen LogP contribution >= 0.6 is 12.2 Å². The van der Waals surface area contributed by atoms with Gasteiger partial charge in [-0.25, -0.2) is 0 Å². The van der Waals surface area contributed by atoms with E-state index in [1.165, 1.54) is 7.11 Å². The number of thiocarbonyl (C=S) groups is 1. The molecule has 2 aromatic carbocycles. The van der Waals surface area contributed by atoms with Gasteiger partial charge in [-0.2, -0.15) is 0 Å². The van der Waals surface area contributed by atoms with Crippen molar-refractivity contribution in [3.63, 3.8) is 0 Å². The van der Waals surface area contributed by atoms with E-state index in [4.69, 9.17) is 31.4 Å². The number of nitrogens with zero attached hydrogens (tertiary/aromatic N) is 3. The number of methoxy groups -OCH3 is 1. The average Bonchev–Trinajstić information content (AvgIpc) is 3.65. The van der Waals surface area contributed by atoms with Gasteiger partial charge in [0, 0.05) is 47.8 Å². The van der Waals surface area contributed by atoms with Crippen LogP contribution in [0, 0.1) is 20.8 Å². The zero-order valence-corrected chi connectivity index (χ0v) is 24.1. The number of rotatable bonds is 7. The number of ether oxygens (including phenoxy) is 3. The molecule has 1 fully saturated rings. The fourth-order valence-electron chi connectivity index (χ4n) is 5.71. The third-order valence-electron chi connectivity index (χ3n) is 7.54. The number of carbonyl (C=O) groups excluding carboxylic acids is 1. The Balaban J connectivity index is 1.44. The Bertz CT molecular complexity index is 1640. The Morgan fingerprint density at radius 3 is 2.63 bits per heavy atom. The lowest BCUT2D eigenvalue weighted by molar-refractivity contribution is -0.119. The first-order valence-electron chi connectivity index (χ1n) is 13.3. The van der Waals surface area contributed by atoms with Crippen LogP contribution in [-0.2, 0) is 9.53 Å². The molecule has 2 aliphatic heterocycles. The zero-order valence-electron chi connectivity index (χ0n) is 23.3. The van der Waals surface area contributed by atoms with Gasteiger partial charge in [0.05, 0.1) is 17.8 Å². The quantitative estimate of drug-likeness (QED) is 0.291. The van der Waals surface area contributed by atoms with E-state index in [1.54, 1.807) is 6.20 Å². The van der Waals surface area contributed by atoms with Gasteiger partial charge in [-0.1, -0.05) is 6.07 Å². The van der Waals surface area contributed by atoms with Crippen molar-refractivity contribution in [3.05, 3.63) is 95.1 Å². The molecule has 0 bridgehead atoms. The van der Waals surface area contributed by atoms with Gasteiger partial charge in [-0.05, 0) is 92.6 Å². The normalized spacial score (nSPS) is 17.6. The summed E-state index contributed by atoms with van der Waals surface area (Å²) in [4.78, 5) is 19.0. The molecule has 2 atom stereocenters. The van der Waals surface area contributed by atoms with E-state index in [-0.39, 0.29) is 31.4 Å². The molecule has 2 aromatic heterocycles. The number of pyridine rings is 1. The lowest BCUT2D eigenvalue weighted by Crippen LogP contribution is -2.29. The van der Waals surface area contributed by atoms with E-state index in [1.807, 2.05) is 61.5 Å². The third kappa shape index (κ3) is 4.89. The van der Waals surface area contributed by atoms with Gasteiger partial charge in [-0.3, -0.25) is 9.78 Å². The van der Waals surface area contributed by atoms with Crippen LogP contribution in [-0.4, -0.2) is 41.1 Å². The van der Waals surface area contributed by atoms with Crippen LogP contribution in [0.1, 0.15) is 40.3 Å². The highest BCUT2D eigenvalue weighted by atomic mass is 32.1. The second-order valence-electron chi connectivity index (χ2n) is 10.2. The maximum Gasteiger partial charge on any atom is 0.250 e. The predicted molar refractivity (Wildman–Crippen MR) is 161 cm³/mol. The van der Waals surface area contributed by atoms with E-state index in [0.29, 0.717) is 5.11 Å². The van der Waals surface area contributed by atoms with Crippen LogP contribution in [0.2, 0.25) is 0 Å². The Hall–Kier alpha value is -4.41. The molecule has 210 valence electrons. The second-order valence-corrected chi connectivity index (χ2v) is 10.6. The monoisotopic (exact) mass is 569 g/mol. The SMILES string of the molecule is COCC(=O)Nc1ccc(N2C(=S)N[C@H](c3ccccn3)[C@@H]2c2cc(C)n(-c3ccc4c(c3)OCO4)c2C)cc1C. The predicted octanol–water partition coefficient (Wildman–Crippen LogP) is 5.29. The Morgan fingerprint density at radius 2 is 1.88 bits per heavy atom. The molecule has 9 nitrogen and oxygen atoms in total. The highest BCUT2D eigenvalue weighted by Crippen LogP contribution is 2.45. The second kappa shape index (κ2) is 10.9. The molecule has 1 amide bonds. The first-order valence-corrected chi connectivity index (χ1v) is 13.8. The summed E-state index contributed by atoms with van der Waals surface area (Å²) in [6.07, 6.45) is 1.80. The molecule has 4 aromatic rings.